The van der Waals surface area contributed by atoms with Gasteiger partial charge in [0.2, 0.25) is 0 Å². The van der Waals surface area contributed by atoms with E-state index < -0.39 is 9.84 Å². The van der Waals surface area contributed by atoms with Crippen LogP contribution in [-0.4, -0.2) is 20.7 Å². The highest BCUT2D eigenvalue weighted by atomic mass is 32.2. The van der Waals surface area contributed by atoms with Crippen LogP contribution < -0.4 is 5.32 Å². The topological polar surface area (TPSA) is 46.2 Å². The van der Waals surface area contributed by atoms with E-state index in [1.807, 2.05) is 24.3 Å². The van der Waals surface area contributed by atoms with Crippen molar-refractivity contribution in [3.8, 4) is 0 Å². The van der Waals surface area contributed by atoms with E-state index in [1.165, 1.54) is 31.1 Å². The Morgan fingerprint density at radius 3 is 2.33 bits per heavy atom. The van der Waals surface area contributed by atoms with Crippen molar-refractivity contribution in [1.82, 2.24) is 5.32 Å². The number of hydrogen-bond donors (Lipinski definition) is 1. The summed E-state index contributed by atoms with van der Waals surface area (Å²) < 4.78 is 22.5. The van der Waals surface area contributed by atoms with E-state index in [0.29, 0.717) is 6.04 Å². The summed E-state index contributed by atoms with van der Waals surface area (Å²) in [7, 11) is -2.95. The first-order valence-corrected chi connectivity index (χ1v) is 9.90. The van der Waals surface area contributed by atoms with Crippen molar-refractivity contribution in [2.24, 2.45) is 11.8 Å². The molecule has 0 aromatic heterocycles. The molecule has 2 rings (SSSR count). The molecule has 118 valence electrons. The first-order chi connectivity index (χ1) is 9.85. The minimum absolute atomic E-state index is 0.123. The molecule has 0 bridgehead atoms. The van der Waals surface area contributed by atoms with Gasteiger partial charge in [-0.3, -0.25) is 0 Å². The monoisotopic (exact) mass is 309 g/mol. The fraction of sp³-hybridized carbons (Fsp3) is 0.647. The van der Waals surface area contributed by atoms with Crippen LogP contribution in [-0.2, 0) is 22.1 Å². The molecule has 1 aromatic rings. The molecule has 21 heavy (non-hydrogen) atoms. The third kappa shape index (κ3) is 5.11. The molecule has 0 spiro atoms. The molecule has 0 heterocycles. The minimum Gasteiger partial charge on any atom is -0.310 e. The second kappa shape index (κ2) is 6.93. The molecule has 1 aliphatic carbocycles. The van der Waals surface area contributed by atoms with E-state index in [2.05, 4.69) is 19.2 Å². The van der Waals surface area contributed by atoms with Crippen molar-refractivity contribution in [3.05, 3.63) is 35.4 Å². The van der Waals surface area contributed by atoms with Gasteiger partial charge in [-0.05, 0) is 29.4 Å². The van der Waals surface area contributed by atoms with Crippen molar-refractivity contribution in [1.29, 1.82) is 0 Å². The zero-order valence-corrected chi connectivity index (χ0v) is 14.1. The van der Waals surface area contributed by atoms with Crippen LogP contribution in [0.25, 0.3) is 0 Å². The Bertz CT molecular complexity index is 551. The van der Waals surface area contributed by atoms with E-state index in [-0.39, 0.29) is 5.75 Å². The zero-order valence-electron chi connectivity index (χ0n) is 13.3. The summed E-state index contributed by atoms with van der Waals surface area (Å²) in [6.07, 6.45) is 5.20. The van der Waals surface area contributed by atoms with Crippen LogP contribution in [0.15, 0.2) is 24.3 Å². The Balaban J connectivity index is 1.89. The maximum absolute atomic E-state index is 11.3. The van der Waals surface area contributed by atoms with Gasteiger partial charge in [0.15, 0.2) is 9.84 Å². The number of rotatable bonds is 5. The third-order valence-corrected chi connectivity index (χ3v) is 5.58. The summed E-state index contributed by atoms with van der Waals surface area (Å²) in [5.74, 6) is 1.65. The summed E-state index contributed by atoms with van der Waals surface area (Å²) >= 11 is 0. The van der Waals surface area contributed by atoms with Crippen LogP contribution >= 0.6 is 0 Å². The summed E-state index contributed by atoms with van der Waals surface area (Å²) in [5, 5.41) is 3.67. The Morgan fingerprint density at radius 1 is 1.10 bits per heavy atom. The molecule has 0 radical (unpaired) electrons. The standard InChI is InChI=1S/C17H27NO2S/c1-13-5-4-6-17(14(13)2)18-11-15-7-9-16(10-8-15)12-21(3,19)20/h7-10,13-14,17-18H,4-6,11-12H2,1-3H3/t13-,14+,17-/m1/s1. The smallest absolute Gasteiger partial charge is 0.151 e. The lowest BCUT2D eigenvalue weighted by Crippen LogP contribution is -2.40. The van der Waals surface area contributed by atoms with Gasteiger partial charge in [-0.25, -0.2) is 8.42 Å². The van der Waals surface area contributed by atoms with Gasteiger partial charge in [-0.2, -0.15) is 0 Å². The minimum atomic E-state index is -2.95. The lowest BCUT2D eigenvalue weighted by molar-refractivity contribution is 0.206. The predicted octanol–water partition coefficient (Wildman–Crippen LogP) is 3.15. The first-order valence-electron chi connectivity index (χ1n) is 7.84. The quantitative estimate of drug-likeness (QED) is 0.909. The van der Waals surface area contributed by atoms with Gasteiger partial charge < -0.3 is 5.32 Å². The summed E-state index contributed by atoms with van der Waals surface area (Å²) in [6.45, 7) is 5.55. The van der Waals surface area contributed by atoms with Crippen LogP contribution in [0.1, 0.15) is 44.2 Å². The van der Waals surface area contributed by atoms with Gasteiger partial charge in [-0.15, -0.1) is 0 Å². The van der Waals surface area contributed by atoms with Gasteiger partial charge in [0.25, 0.3) is 0 Å². The molecule has 3 nitrogen and oxygen atoms in total. The molecule has 1 aromatic carbocycles. The van der Waals surface area contributed by atoms with Crippen molar-refractivity contribution in [3.63, 3.8) is 0 Å². The van der Waals surface area contributed by atoms with Crippen LogP contribution in [0.4, 0.5) is 0 Å². The normalized spacial score (nSPS) is 26.7. The SMILES string of the molecule is C[C@H]1[C@H](C)CCC[C@H]1NCc1ccc(CS(C)(=O)=O)cc1. The molecular weight excluding hydrogens is 282 g/mol. The molecule has 1 N–H and O–H groups in total. The van der Waals surface area contributed by atoms with Crippen LogP contribution in [0, 0.1) is 11.8 Å². The second-order valence-electron chi connectivity index (χ2n) is 6.64. The zero-order chi connectivity index (χ0) is 15.5. The fourth-order valence-electron chi connectivity index (χ4n) is 3.18. The third-order valence-electron chi connectivity index (χ3n) is 4.73. The van der Waals surface area contributed by atoms with E-state index in [0.717, 1.165) is 23.9 Å². The van der Waals surface area contributed by atoms with Crippen LogP contribution in [0.2, 0.25) is 0 Å². The molecule has 0 saturated heterocycles. The fourth-order valence-corrected chi connectivity index (χ4v) is 3.97. The lowest BCUT2D eigenvalue weighted by Gasteiger charge is -2.34. The molecular formula is C17H27NO2S. The summed E-state index contributed by atoms with van der Waals surface area (Å²) in [4.78, 5) is 0. The predicted molar refractivity (Wildman–Crippen MR) is 87.8 cm³/mol. The molecule has 0 unspecified atom stereocenters. The number of hydrogen-bond acceptors (Lipinski definition) is 3. The highest BCUT2D eigenvalue weighted by Gasteiger charge is 2.26. The van der Waals surface area contributed by atoms with Gasteiger partial charge >= 0.3 is 0 Å². The van der Waals surface area contributed by atoms with Crippen molar-refractivity contribution in [2.75, 3.05) is 6.26 Å². The maximum atomic E-state index is 11.3. The number of benzene rings is 1. The average molecular weight is 309 g/mol. The second-order valence-corrected chi connectivity index (χ2v) is 8.78. The van der Waals surface area contributed by atoms with Crippen molar-refractivity contribution < 1.29 is 8.42 Å². The van der Waals surface area contributed by atoms with Crippen molar-refractivity contribution in [2.45, 2.75) is 51.4 Å². The highest BCUT2D eigenvalue weighted by Crippen LogP contribution is 2.29. The lowest BCUT2D eigenvalue weighted by atomic mass is 9.78. The molecule has 1 saturated carbocycles. The highest BCUT2D eigenvalue weighted by molar-refractivity contribution is 7.89. The van der Waals surface area contributed by atoms with Gasteiger partial charge in [0.1, 0.15) is 0 Å². The number of nitrogens with one attached hydrogen (secondary N) is 1. The average Bonchev–Trinajstić information content (AvgIpc) is 2.40. The van der Waals surface area contributed by atoms with Gasteiger partial charge in [0, 0.05) is 18.8 Å². The Labute approximate surface area is 129 Å². The largest absolute Gasteiger partial charge is 0.310 e. The maximum Gasteiger partial charge on any atom is 0.151 e. The molecule has 1 aliphatic rings. The Morgan fingerprint density at radius 2 is 1.71 bits per heavy atom. The number of sulfone groups is 1. The molecule has 0 amide bonds. The molecule has 1 fully saturated rings. The van der Waals surface area contributed by atoms with Crippen LogP contribution in [0.3, 0.4) is 0 Å². The van der Waals surface area contributed by atoms with Gasteiger partial charge in [0.05, 0.1) is 5.75 Å². The van der Waals surface area contributed by atoms with E-state index in [1.54, 1.807) is 0 Å². The first kappa shape index (κ1) is 16.5. The van der Waals surface area contributed by atoms with Gasteiger partial charge in [-0.1, -0.05) is 51.0 Å². The Kier molecular flexibility index (Phi) is 5.44. The van der Waals surface area contributed by atoms with Crippen LogP contribution in [0.5, 0.6) is 0 Å². The molecule has 0 aliphatic heterocycles. The summed E-state index contributed by atoms with van der Waals surface area (Å²) in [5.41, 5.74) is 2.08. The summed E-state index contributed by atoms with van der Waals surface area (Å²) in [6, 6.07) is 8.51. The Hall–Kier alpha value is -0.870. The van der Waals surface area contributed by atoms with E-state index >= 15 is 0 Å². The van der Waals surface area contributed by atoms with E-state index in [9.17, 15) is 8.42 Å². The van der Waals surface area contributed by atoms with Crippen molar-refractivity contribution >= 4 is 9.84 Å². The van der Waals surface area contributed by atoms with E-state index in [4.69, 9.17) is 0 Å². The molecule has 4 heteroatoms. The molecule has 3 atom stereocenters.